The molecule has 4 rings (SSSR count). The summed E-state index contributed by atoms with van der Waals surface area (Å²) in [5.74, 6) is 0.225. The van der Waals surface area contributed by atoms with E-state index in [0.717, 1.165) is 16.8 Å². The maximum absolute atomic E-state index is 14.5. The van der Waals surface area contributed by atoms with Gasteiger partial charge in [-0.15, -0.1) is 0 Å². The van der Waals surface area contributed by atoms with Crippen LogP contribution in [-0.4, -0.2) is 9.72 Å². The van der Waals surface area contributed by atoms with Crippen molar-refractivity contribution in [3.05, 3.63) is 76.2 Å². The second-order valence-corrected chi connectivity index (χ2v) is 6.19. The summed E-state index contributed by atoms with van der Waals surface area (Å²) >= 11 is 0. The number of anilines is 1. The first kappa shape index (κ1) is 16.1. The highest BCUT2D eigenvalue weighted by atomic mass is 19.1. The molecule has 0 unspecified atom stereocenters. The smallest absolute Gasteiger partial charge is 0.189 e. The number of benzene rings is 2. The van der Waals surface area contributed by atoms with Crippen molar-refractivity contribution in [1.29, 1.82) is 0 Å². The highest BCUT2D eigenvalue weighted by molar-refractivity contribution is 5.86. The van der Waals surface area contributed by atoms with E-state index in [9.17, 15) is 9.18 Å². The summed E-state index contributed by atoms with van der Waals surface area (Å²) in [4.78, 5) is 12.3. The number of nitrogens with two attached hydrogens (primary N) is 1. The lowest BCUT2D eigenvalue weighted by Crippen LogP contribution is -2.08. The Hall–Kier alpha value is -3.41. The number of nitrogen functional groups attached to an aromatic ring is 1. The highest BCUT2D eigenvalue weighted by Crippen LogP contribution is 2.30. The van der Waals surface area contributed by atoms with Gasteiger partial charge in [-0.25, -0.2) is 4.39 Å². The van der Waals surface area contributed by atoms with E-state index in [1.54, 1.807) is 29.0 Å². The van der Waals surface area contributed by atoms with Crippen LogP contribution in [0.25, 0.3) is 27.7 Å². The maximum Gasteiger partial charge on any atom is 0.189 e. The molecule has 0 aliphatic heterocycles. The van der Waals surface area contributed by atoms with Crippen molar-refractivity contribution in [3.63, 3.8) is 0 Å². The van der Waals surface area contributed by atoms with E-state index in [-0.39, 0.29) is 5.43 Å². The molecule has 0 saturated heterocycles. The van der Waals surface area contributed by atoms with Gasteiger partial charge in [0.25, 0.3) is 0 Å². The molecule has 0 fully saturated rings. The first-order chi connectivity index (χ1) is 12.5. The third kappa shape index (κ3) is 2.47. The van der Waals surface area contributed by atoms with Crippen LogP contribution in [0.3, 0.4) is 0 Å². The molecule has 0 spiro atoms. The van der Waals surface area contributed by atoms with E-state index in [1.807, 2.05) is 26.0 Å². The average molecular weight is 349 g/mol. The number of aromatic nitrogens is 2. The second kappa shape index (κ2) is 5.84. The SMILES string of the molecule is Cc1noc(C)c1-c1ccc2c(=O)ccn(-c3ccc(N)cc3F)c2c1. The molecule has 2 aromatic heterocycles. The van der Waals surface area contributed by atoms with E-state index in [2.05, 4.69) is 5.16 Å². The van der Waals surface area contributed by atoms with Crippen LogP contribution in [-0.2, 0) is 0 Å². The summed E-state index contributed by atoms with van der Waals surface area (Å²) in [6, 6.07) is 11.3. The molecule has 0 bridgehead atoms. The van der Waals surface area contributed by atoms with E-state index < -0.39 is 5.82 Å². The summed E-state index contributed by atoms with van der Waals surface area (Å²) in [7, 11) is 0. The Bertz CT molecular complexity index is 1190. The molecule has 2 aromatic carbocycles. The minimum Gasteiger partial charge on any atom is -0.399 e. The van der Waals surface area contributed by atoms with Crippen molar-refractivity contribution in [2.45, 2.75) is 13.8 Å². The normalized spacial score (nSPS) is 11.2. The van der Waals surface area contributed by atoms with Crippen LogP contribution in [0.4, 0.5) is 10.1 Å². The molecule has 0 amide bonds. The predicted molar refractivity (Wildman–Crippen MR) is 98.9 cm³/mol. The van der Waals surface area contributed by atoms with Gasteiger partial charge in [0.1, 0.15) is 11.6 Å². The lowest BCUT2D eigenvalue weighted by atomic mass is 10.0. The Kier molecular flexibility index (Phi) is 3.61. The second-order valence-electron chi connectivity index (χ2n) is 6.19. The quantitative estimate of drug-likeness (QED) is 0.556. The molecule has 0 radical (unpaired) electrons. The van der Waals surface area contributed by atoms with Crippen molar-refractivity contribution in [3.8, 4) is 16.8 Å². The standard InChI is InChI=1S/C20H16FN3O2/c1-11-20(12(2)26-23-11)13-3-5-15-18(9-13)24(8-7-19(15)25)17-6-4-14(22)10-16(17)21/h3-10H,22H2,1-2H3. The summed E-state index contributed by atoms with van der Waals surface area (Å²) in [6.45, 7) is 3.69. The predicted octanol–water partition coefficient (Wildman–Crippen LogP) is 3.98. The third-order valence-corrected chi connectivity index (χ3v) is 4.45. The van der Waals surface area contributed by atoms with Gasteiger partial charge in [-0.1, -0.05) is 11.2 Å². The summed E-state index contributed by atoms with van der Waals surface area (Å²) in [5.41, 5.74) is 9.25. The lowest BCUT2D eigenvalue weighted by molar-refractivity contribution is 0.393. The fourth-order valence-electron chi connectivity index (χ4n) is 3.23. The number of halogens is 1. The molecule has 130 valence electrons. The van der Waals surface area contributed by atoms with E-state index in [0.29, 0.717) is 28.0 Å². The van der Waals surface area contributed by atoms with Crippen molar-refractivity contribution in [2.24, 2.45) is 0 Å². The molecule has 2 heterocycles. The Morgan fingerprint density at radius 3 is 2.62 bits per heavy atom. The molecule has 4 aromatic rings. The molecular weight excluding hydrogens is 333 g/mol. The van der Waals surface area contributed by atoms with Crippen LogP contribution in [0.15, 0.2) is 58.0 Å². The minimum atomic E-state index is -0.460. The largest absolute Gasteiger partial charge is 0.399 e. The Morgan fingerprint density at radius 2 is 1.92 bits per heavy atom. The van der Waals surface area contributed by atoms with E-state index in [4.69, 9.17) is 10.3 Å². The Balaban J connectivity index is 2.04. The zero-order valence-corrected chi connectivity index (χ0v) is 14.3. The number of hydrogen-bond acceptors (Lipinski definition) is 4. The van der Waals surface area contributed by atoms with Gasteiger partial charge >= 0.3 is 0 Å². The molecule has 0 saturated carbocycles. The van der Waals surface area contributed by atoms with Crippen molar-refractivity contribution >= 4 is 16.6 Å². The van der Waals surface area contributed by atoms with Crippen molar-refractivity contribution in [2.75, 3.05) is 5.73 Å². The molecule has 2 N–H and O–H groups in total. The van der Waals surface area contributed by atoms with Gasteiger partial charge in [-0.05, 0) is 49.7 Å². The maximum atomic E-state index is 14.5. The molecular formula is C20H16FN3O2. The zero-order chi connectivity index (χ0) is 18.4. The van der Waals surface area contributed by atoms with Gasteiger partial charge < -0.3 is 14.8 Å². The number of nitrogens with zero attached hydrogens (tertiary/aromatic N) is 2. The van der Waals surface area contributed by atoms with Crippen LogP contribution in [0.2, 0.25) is 0 Å². The van der Waals surface area contributed by atoms with Crippen LogP contribution in [0, 0.1) is 19.7 Å². The van der Waals surface area contributed by atoms with Gasteiger partial charge in [0.2, 0.25) is 0 Å². The van der Waals surface area contributed by atoms with Crippen LogP contribution in [0.5, 0.6) is 0 Å². The lowest BCUT2D eigenvalue weighted by Gasteiger charge is -2.13. The number of fused-ring (bicyclic) bond motifs is 1. The topological polar surface area (TPSA) is 74.0 Å². The van der Waals surface area contributed by atoms with Gasteiger partial charge in [0.05, 0.1) is 16.9 Å². The number of pyridine rings is 1. The molecule has 6 heteroatoms. The van der Waals surface area contributed by atoms with Crippen molar-refractivity contribution < 1.29 is 8.91 Å². The monoisotopic (exact) mass is 349 g/mol. The summed E-state index contributed by atoms with van der Waals surface area (Å²) in [6.07, 6.45) is 1.57. The molecule has 0 aliphatic rings. The highest BCUT2D eigenvalue weighted by Gasteiger charge is 2.14. The Labute approximate surface area is 148 Å². The fourth-order valence-corrected chi connectivity index (χ4v) is 3.23. The van der Waals surface area contributed by atoms with Gasteiger partial charge in [0.15, 0.2) is 5.43 Å². The fraction of sp³-hybridized carbons (Fsp3) is 0.100. The number of hydrogen-bond donors (Lipinski definition) is 1. The van der Waals surface area contributed by atoms with Crippen LogP contribution in [0.1, 0.15) is 11.5 Å². The van der Waals surface area contributed by atoms with Gasteiger partial charge in [-0.3, -0.25) is 4.79 Å². The number of aryl methyl sites for hydroxylation is 2. The Morgan fingerprint density at radius 1 is 1.12 bits per heavy atom. The third-order valence-electron chi connectivity index (χ3n) is 4.45. The summed E-state index contributed by atoms with van der Waals surface area (Å²) < 4.78 is 21.3. The van der Waals surface area contributed by atoms with E-state index >= 15 is 0 Å². The first-order valence-corrected chi connectivity index (χ1v) is 8.10. The minimum absolute atomic E-state index is 0.127. The molecule has 0 aliphatic carbocycles. The molecule has 26 heavy (non-hydrogen) atoms. The van der Waals surface area contributed by atoms with E-state index in [1.165, 1.54) is 12.1 Å². The first-order valence-electron chi connectivity index (χ1n) is 8.10. The zero-order valence-electron chi connectivity index (χ0n) is 14.3. The van der Waals surface area contributed by atoms with Crippen LogP contribution >= 0.6 is 0 Å². The molecule has 0 atom stereocenters. The van der Waals surface area contributed by atoms with Gasteiger partial charge in [-0.2, -0.15) is 0 Å². The average Bonchev–Trinajstić information content (AvgIpc) is 2.94. The number of rotatable bonds is 2. The summed E-state index contributed by atoms with van der Waals surface area (Å²) in [5, 5.41) is 4.48. The van der Waals surface area contributed by atoms with Crippen molar-refractivity contribution in [1.82, 2.24) is 9.72 Å². The van der Waals surface area contributed by atoms with Crippen LogP contribution < -0.4 is 11.2 Å². The van der Waals surface area contributed by atoms with Gasteiger partial charge in [0, 0.05) is 28.9 Å². The molecule has 5 nitrogen and oxygen atoms in total.